The van der Waals surface area contributed by atoms with Gasteiger partial charge in [0, 0.05) is 38.8 Å². The zero-order valence-corrected chi connectivity index (χ0v) is 37.7. The SMILES string of the molecule is O=S(=O)(O)C1=C(S(=O)(=O)O)C(S(=O)(=O)O)C(C2=Cc3cc4ccc(cc5ccc(cc6nc(cc2n3)C=C6)[nH]5)[nH]4)(S(=O)(=O)O)c2c1c(S(=O)(=O)O)c(S(=O)(=O)O)c(S(=O)(=O)O)c2S(=O)(=O)O. The van der Waals surface area contributed by atoms with E-state index in [-0.39, 0.29) is 17.3 Å². The Morgan fingerprint density at radius 1 is 0.470 bits per heavy atom. The van der Waals surface area contributed by atoms with Crippen LogP contribution in [-0.4, -0.2) is 129 Å². The van der Waals surface area contributed by atoms with Gasteiger partial charge in [0.1, 0.15) is 29.4 Å². The van der Waals surface area contributed by atoms with Crippen LogP contribution in [0.2, 0.25) is 0 Å². The van der Waals surface area contributed by atoms with Crippen molar-refractivity contribution in [3.8, 4) is 0 Å². The lowest BCUT2D eigenvalue weighted by atomic mass is 9.78. The van der Waals surface area contributed by atoms with E-state index in [1.807, 2.05) is 0 Å². The molecule has 28 nitrogen and oxygen atoms in total. The van der Waals surface area contributed by atoms with Crippen molar-refractivity contribution in [1.29, 1.82) is 0 Å². The molecule has 1 aromatic carbocycles. The van der Waals surface area contributed by atoms with E-state index in [2.05, 4.69) is 19.9 Å². The van der Waals surface area contributed by atoms with Gasteiger partial charge in [-0.2, -0.15) is 67.3 Å². The van der Waals surface area contributed by atoms with Gasteiger partial charge in [-0.3, -0.25) is 36.4 Å². The average molecular weight is 1080 g/mol. The van der Waals surface area contributed by atoms with Gasteiger partial charge in [-0.15, -0.1) is 0 Å². The van der Waals surface area contributed by atoms with E-state index in [1.165, 1.54) is 30.3 Å². The van der Waals surface area contributed by atoms with Crippen LogP contribution in [0.3, 0.4) is 0 Å². The molecule has 3 aliphatic rings. The first-order valence-corrected chi connectivity index (χ1v) is 28.2. The first kappa shape index (κ1) is 48.8. The minimum atomic E-state index is -7.48. The number of nitrogens with one attached hydrogen (secondary N) is 2. The molecule has 0 spiro atoms. The number of fused-ring (bicyclic) bond motifs is 9. The van der Waals surface area contributed by atoms with Gasteiger partial charge < -0.3 is 9.97 Å². The zero-order valence-electron chi connectivity index (χ0n) is 31.2. The smallest absolute Gasteiger partial charge is 0.297 e. The highest BCUT2D eigenvalue weighted by Crippen LogP contribution is 2.62. The van der Waals surface area contributed by atoms with Gasteiger partial charge in [0.15, 0.2) is 10.00 Å². The number of benzene rings is 1. The molecular weight excluding hydrogens is 1060 g/mol. The molecule has 3 aromatic heterocycles. The fraction of sp³-hybridized carbons (Fsp3) is 0.0667. The van der Waals surface area contributed by atoms with Gasteiger partial charge >= 0.3 is 0 Å². The standard InChI is InChI=1S/C30H22N4O24S8/c35-59(36,37)23-21-22(25(61(41,42)43)27(63(47,48)49)26(23)62(44,45)46)30(66(56,57)58,29(65(53,54)55)28(64(50,51)52)24(21)60(38,39)40)19-10-18-9-16-4-3-14(32-16)7-12-1-2-13(31-12)8-15-5-6-17(33-15)11-20(19)34-18/h1-11,29,31-32H,(H,35,36,37)(H,38,39,40)(H,41,42,43)(H,44,45,46)(H,47,48,49)(H,50,51,52)(H,53,54,55)(H,56,57,58). The topological polar surface area (TPSA) is 492 Å². The third-order valence-corrected chi connectivity index (χ3v) is 18.7. The summed E-state index contributed by atoms with van der Waals surface area (Å²) in [5.41, 5.74) is -9.36. The lowest BCUT2D eigenvalue weighted by Gasteiger charge is -2.43. The maximum Gasteiger partial charge on any atom is 0.297 e. The lowest BCUT2D eigenvalue weighted by molar-refractivity contribution is 0.417. The molecule has 36 heteroatoms. The molecule has 0 fully saturated rings. The van der Waals surface area contributed by atoms with Crippen molar-refractivity contribution in [2.45, 2.75) is 29.6 Å². The minimum Gasteiger partial charge on any atom is -0.355 e. The zero-order chi connectivity index (χ0) is 49.5. The largest absolute Gasteiger partial charge is 0.355 e. The quantitative estimate of drug-likeness (QED) is 0.0899. The fourth-order valence-electron chi connectivity index (χ4n) is 7.59. The van der Waals surface area contributed by atoms with Crippen molar-refractivity contribution in [2.24, 2.45) is 0 Å². The summed E-state index contributed by atoms with van der Waals surface area (Å²) >= 11 is 0. The van der Waals surface area contributed by atoms with Crippen molar-refractivity contribution in [3.05, 3.63) is 87.3 Å². The minimum absolute atomic E-state index is 0.0310. The second-order valence-electron chi connectivity index (χ2n) is 13.8. The Morgan fingerprint density at radius 3 is 1.30 bits per heavy atom. The number of hydrogen-bond acceptors (Lipinski definition) is 18. The van der Waals surface area contributed by atoms with Gasteiger partial charge in [-0.05, 0) is 66.8 Å². The molecule has 5 heterocycles. The average Bonchev–Trinajstić information content (AvgIpc) is 3.92. The normalized spacial score (nSPS) is 18.8. The first-order valence-electron chi connectivity index (χ1n) is 16.6. The second-order valence-corrected chi connectivity index (χ2v) is 25.1. The summed E-state index contributed by atoms with van der Waals surface area (Å²) in [6.07, 6.45) is 2.56. The molecule has 8 bridgehead atoms. The Kier molecular flexibility index (Phi) is 11.0. The fourth-order valence-corrected chi connectivity index (χ4v) is 19.0. The van der Waals surface area contributed by atoms with Crippen molar-refractivity contribution in [1.82, 2.24) is 19.9 Å². The maximum atomic E-state index is 14.5. The van der Waals surface area contributed by atoms with Crippen LogP contribution in [0.5, 0.6) is 0 Å². The molecular formula is C30H22N4O24S8. The summed E-state index contributed by atoms with van der Waals surface area (Å²) in [5.74, 6) is 0. The Hall–Kier alpha value is -5.16. The van der Waals surface area contributed by atoms with E-state index in [4.69, 9.17) is 0 Å². The molecule has 66 heavy (non-hydrogen) atoms. The highest BCUT2D eigenvalue weighted by Gasteiger charge is 2.70. The Labute approximate surface area is 370 Å². The van der Waals surface area contributed by atoms with Gasteiger partial charge in [0.05, 0.1) is 22.8 Å². The predicted octanol–water partition coefficient (Wildman–Crippen LogP) is 0.510. The molecule has 0 amide bonds. The molecule has 1 aliphatic carbocycles. The van der Waals surface area contributed by atoms with Crippen molar-refractivity contribution in [2.75, 3.05) is 0 Å². The molecule has 0 radical (unpaired) electrons. The summed E-state index contributed by atoms with van der Waals surface area (Å²) in [7, 11) is -57.9. The molecule has 2 aliphatic heterocycles. The van der Waals surface area contributed by atoms with Crippen LogP contribution in [0.15, 0.2) is 73.0 Å². The van der Waals surface area contributed by atoms with Crippen LogP contribution < -0.4 is 0 Å². The number of rotatable bonds is 9. The molecule has 354 valence electrons. The van der Waals surface area contributed by atoms with Gasteiger partial charge in [0.25, 0.3) is 80.9 Å². The first-order chi connectivity index (χ1) is 29.8. The van der Waals surface area contributed by atoms with Crippen LogP contribution in [0.1, 0.15) is 33.9 Å². The second kappa shape index (κ2) is 14.9. The summed E-state index contributed by atoms with van der Waals surface area (Å²) in [5, 5.41) is -4.76. The molecule has 0 saturated carbocycles. The molecule has 0 saturated heterocycles. The third-order valence-electron chi connectivity index (χ3n) is 9.59. The third kappa shape index (κ3) is 8.21. The summed E-state index contributed by atoms with van der Waals surface area (Å²) in [4.78, 5) is -5.57. The highest BCUT2D eigenvalue weighted by molar-refractivity contribution is 8.00. The van der Waals surface area contributed by atoms with Gasteiger partial charge in [-0.25, -0.2) is 9.97 Å². The summed E-state index contributed by atoms with van der Waals surface area (Å²) in [6.45, 7) is 0. The van der Waals surface area contributed by atoms with Crippen LogP contribution in [-0.2, 0) is 85.7 Å². The van der Waals surface area contributed by atoms with Gasteiger partial charge in [0.2, 0.25) is 0 Å². The van der Waals surface area contributed by atoms with Crippen LogP contribution >= 0.6 is 0 Å². The van der Waals surface area contributed by atoms with Crippen LogP contribution in [0.25, 0.3) is 50.8 Å². The van der Waals surface area contributed by atoms with E-state index in [0.717, 1.165) is 12.1 Å². The van der Waals surface area contributed by atoms with Crippen molar-refractivity contribution < 1.29 is 104 Å². The number of H-pyrrole nitrogens is 2. The Balaban J connectivity index is 1.97. The number of aromatic amines is 2. The lowest BCUT2D eigenvalue weighted by Crippen LogP contribution is -2.56. The number of nitrogens with zero attached hydrogens (tertiary/aromatic N) is 2. The summed E-state index contributed by atoms with van der Waals surface area (Å²) < 4.78 is 296. The highest BCUT2D eigenvalue weighted by atomic mass is 32.3. The summed E-state index contributed by atoms with van der Waals surface area (Å²) in [6, 6.07) is 10.3. The van der Waals surface area contributed by atoms with Crippen molar-refractivity contribution in [3.63, 3.8) is 0 Å². The Bertz CT molecular complexity index is 4150. The number of hydrogen-bond donors (Lipinski definition) is 10. The maximum absolute atomic E-state index is 14.5. The van der Waals surface area contributed by atoms with E-state index >= 15 is 0 Å². The van der Waals surface area contributed by atoms with E-state index in [1.54, 1.807) is 12.1 Å². The molecule has 4 aromatic rings. The van der Waals surface area contributed by atoms with E-state index < -0.39 is 154 Å². The Morgan fingerprint density at radius 2 is 0.894 bits per heavy atom. The van der Waals surface area contributed by atoms with E-state index in [9.17, 15) is 104 Å². The van der Waals surface area contributed by atoms with Gasteiger partial charge in [-0.1, -0.05) is 0 Å². The predicted molar refractivity (Wildman–Crippen MR) is 222 cm³/mol. The molecule has 10 N–H and O–H groups in total. The molecule has 7 rings (SSSR count). The molecule has 2 atom stereocenters. The van der Waals surface area contributed by atoms with E-state index in [0.29, 0.717) is 22.6 Å². The van der Waals surface area contributed by atoms with Crippen LogP contribution in [0.4, 0.5) is 0 Å². The number of aromatic nitrogens is 4. The monoisotopic (exact) mass is 1080 g/mol. The van der Waals surface area contributed by atoms with Crippen molar-refractivity contribution >= 4 is 132 Å². The molecule has 2 unspecified atom stereocenters. The van der Waals surface area contributed by atoms with Crippen LogP contribution in [0, 0.1) is 0 Å².